The fraction of sp³-hybridized carbons (Fsp3) is 0.250. The van der Waals surface area contributed by atoms with Gasteiger partial charge in [-0.1, -0.05) is 36.4 Å². The molecule has 9 nitrogen and oxygen atoms in total. The minimum atomic E-state index is -0.679. The van der Waals surface area contributed by atoms with Crippen molar-refractivity contribution < 1.29 is 19.1 Å². The van der Waals surface area contributed by atoms with Crippen LogP contribution in [0.15, 0.2) is 76.7 Å². The molecule has 1 aromatic carbocycles. The molecule has 1 aliphatic rings. The number of pyridine rings is 2. The van der Waals surface area contributed by atoms with Crippen LogP contribution in [0.5, 0.6) is 0 Å². The smallest absolute Gasteiger partial charge is 0.341 e. The highest BCUT2D eigenvalue weighted by Crippen LogP contribution is 2.17. The molecule has 1 atom stereocenters. The van der Waals surface area contributed by atoms with Crippen molar-refractivity contribution in [3.05, 3.63) is 93.8 Å². The lowest BCUT2D eigenvalue weighted by atomic mass is 10.2. The van der Waals surface area contributed by atoms with Gasteiger partial charge in [0.15, 0.2) is 5.49 Å². The second-order valence-corrected chi connectivity index (χ2v) is 8.62. The Labute approximate surface area is 212 Å². The number of hydrogen-bond acceptors (Lipinski definition) is 6. The van der Waals surface area contributed by atoms with Gasteiger partial charge in [0, 0.05) is 18.9 Å². The summed E-state index contributed by atoms with van der Waals surface area (Å²) in [5.41, 5.74) is 1.35. The highest BCUT2D eigenvalue weighted by molar-refractivity contribution is 5.95. The molecule has 0 aliphatic carbocycles. The Bertz CT molecular complexity index is 1630. The number of aromatic nitrogens is 3. The standard InChI is InChI=1S/C28H26N4O5/c1-2-36-28(35)22-17-21-25(29-23-12-6-7-15-31(23)27(21)34)32(18-20-11-8-16-37-20)26(22)30-24(33)14-13-19-9-4-3-5-10-19/h3-7,9-10,12-15,17,20H,2,8,11,16,18H2,1H3/b14-13+,30-26?/t20-/m1/s1. The number of nitrogens with zero attached hydrogens (tertiary/aromatic N) is 4. The van der Waals surface area contributed by atoms with Gasteiger partial charge in [-0.15, -0.1) is 0 Å². The zero-order valence-corrected chi connectivity index (χ0v) is 20.4. The summed E-state index contributed by atoms with van der Waals surface area (Å²) in [6.45, 7) is 2.70. The first kappa shape index (κ1) is 24.3. The van der Waals surface area contributed by atoms with Crippen molar-refractivity contribution in [3.63, 3.8) is 0 Å². The van der Waals surface area contributed by atoms with Gasteiger partial charge in [0.1, 0.15) is 16.9 Å². The molecule has 1 aliphatic heterocycles. The molecule has 5 rings (SSSR count). The second kappa shape index (κ2) is 10.7. The summed E-state index contributed by atoms with van der Waals surface area (Å²) in [5, 5.41) is 0.218. The molecule has 188 valence electrons. The van der Waals surface area contributed by atoms with Gasteiger partial charge in [0.2, 0.25) is 0 Å². The molecule has 37 heavy (non-hydrogen) atoms. The highest BCUT2D eigenvalue weighted by atomic mass is 16.5. The highest BCUT2D eigenvalue weighted by Gasteiger charge is 2.23. The van der Waals surface area contributed by atoms with Crippen LogP contribution >= 0.6 is 0 Å². The molecule has 4 heterocycles. The van der Waals surface area contributed by atoms with Crippen molar-refractivity contribution in [2.45, 2.75) is 32.4 Å². The Morgan fingerprint density at radius 1 is 1.19 bits per heavy atom. The largest absolute Gasteiger partial charge is 0.462 e. The maximum Gasteiger partial charge on any atom is 0.341 e. The van der Waals surface area contributed by atoms with Gasteiger partial charge in [0.25, 0.3) is 11.5 Å². The summed E-state index contributed by atoms with van der Waals surface area (Å²) in [6, 6.07) is 16.0. The molecule has 0 bridgehead atoms. The molecular weight excluding hydrogens is 472 g/mol. The normalized spacial score (nSPS) is 16.1. The lowest BCUT2D eigenvalue weighted by Gasteiger charge is -2.17. The summed E-state index contributed by atoms with van der Waals surface area (Å²) in [6.07, 6.45) is 6.13. The van der Waals surface area contributed by atoms with Crippen LogP contribution in [0.1, 0.15) is 35.7 Å². The third-order valence-corrected chi connectivity index (χ3v) is 6.13. The van der Waals surface area contributed by atoms with Crippen molar-refractivity contribution in [3.8, 4) is 0 Å². The minimum Gasteiger partial charge on any atom is -0.462 e. The molecule has 0 saturated carbocycles. The molecule has 1 fully saturated rings. The number of esters is 1. The monoisotopic (exact) mass is 498 g/mol. The molecule has 0 spiro atoms. The van der Waals surface area contributed by atoms with Crippen LogP contribution in [0, 0.1) is 0 Å². The summed E-state index contributed by atoms with van der Waals surface area (Å²) >= 11 is 0. The van der Waals surface area contributed by atoms with E-state index in [2.05, 4.69) is 4.99 Å². The molecule has 1 saturated heterocycles. The van der Waals surface area contributed by atoms with Gasteiger partial charge in [0.05, 0.1) is 24.6 Å². The Morgan fingerprint density at radius 3 is 2.76 bits per heavy atom. The molecule has 0 radical (unpaired) electrons. The fourth-order valence-electron chi connectivity index (χ4n) is 4.40. The van der Waals surface area contributed by atoms with E-state index in [1.807, 2.05) is 30.3 Å². The zero-order valence-electron chi connectivity index (χ0n) is 20.4. The SMILES string of the molecule is CCOC(=O)c1cc2c(=O)n3ccccc3nc2n(C[C@H]2CCCO2)c1=NC(=O)/C=C/c1ccccc1. The Morgan fingerprint density at radius 2 is 2.00 bits per heavy atom. The number of ether oxygens (including phenoxy) is 2. The van der Waals surface area contributed by atoms with E-state index in [0.29, 0.717) is 17.9 Å². The number of fused-ring (bicyclic) bond motifs is 2. The third-order valence-electron chi connectivity index (χ3n) is 6.13. The van der Waals surface area contributed by atoms with E-state index >= 15 is 0 Å². The van der Waals surface area contributed by atoms with E-state index in [0.717, 1.165) is 18.4 Å². The Balaban J connectivity index is 1.77. The van der Waals surface area contributed by atoms with Crippen LogP contribution in [-0.2, 0) is 20.8 Å². The number of carbonyl (C=O) groups excluding carboxylic acids is 2. The predicted octanol–water partition coefficient (Wildman–Crippen LogP) is 3.15. The predicted molar refractivity (Wildman–Crippen MR) is 138 cm³/mol. The van der Waals surface area contributed by atoms with Gasteiger partial charge in [-0.05, 0) is 49.6 Å². The van der Waals surface area contributed by atoms with E-state index in [-0.39, 0.29) is 41.3 Å². The second-order valence-electron chi connectivity index (χ2n) is 8.62. The molecule has 0 unspecified atom stereocenters. The van der Waals surface area contributed by atoms with E-state index in [1.54, 1.807) is 42.0 Å². The summed E-state index contributed by atoms with van der Waals surface area (Å²) in [7, 11) is 0. The first-order chi connectivity index (χ1) is 18.0. The van der Waals surface area contributed by atoms with Crippen LogP contribution < -0.4 is 11.0 Å². The lowest BCUT2D eigenvalue weighted by Crippen LogP contribution is -2.35. The number of carbonyl (C=O) groups is 2. The van der Waals surface area contributed by atoms with Crippen molar-refractivity contribution in [2.75, 3.05) is 13.2 Å². The van der Waals surface area contributed by atoms with Crippen molar-refractivity contribution in [1.82, 2.24) is 14.0 Å². The average molecular weight is 499 g/mol. The number of hydrogen-bond donors (Lipinski definition) is 0. The van der Waals surface area contributed by atoms with Gasteiger partial charge in [-0.25, -0.2) is 9.78 Å². The van der Waals surface area contributed by atoms with Crippen LogP contribution in [0.2, 0.25) is 0 Å². The van der Waals surface area contributed by atoms with Gasteiger partial charge < -0.3 is 14.0 Å². The van der Waals surface area contributed by atoms with Gasteiger partial charge >= 0.3 is 5.97 Å². The fourth-order valence-corrected chi connectivity index (χ4v) is 4.40. The number of rotatable bonds is 6. The summed E-state index contributed by atoms with van der Waals surface area (Å²) in [4.78, 5) is 48.5. The minimum absolute atomic E-state index is 0.0172. The first-order valence-electron chi connectivity index (χ1n) is 12.2. The maximum atomic E-state index is 13.4. The van der Waals surface area contributed by atoms with Crippen molar-refractivity contribution >= 4 is 34.6 Å². The van der Waals surface area contributed by atoms with Crippen LogP contribution in [0.3, 0.4) is 0 Å². The zero-order chi connectivity index (χ0) is 25.8. The molecule has 3 aromatic heterocycles. The van der Waals surface area contributed by atoms with Gasteiger partial charge in [-0.2, -0.15) is 4.99 Å². The van der Waals surface area contributed by atoms with E-state index in [4.69, 9.17) is 14.5 Å². The molecule has 0 N–H and O–H groups in total. The molecule has 4 aromatic rings. The average Bonchev–Trinajstić information content (AvgIpc) is 3.43. The molecule has 9 heteroatoms. The molecular formula is C28H26N4O5. The number of amides is 1. The summed E-state index contributed by atoms with van der Waals surface area (Å²) < 4.78 is 14.2. The Kier molecular flexibility index (Phi) is 7.04. The van der Waals surface area contributed by atoms with Crippen LogP contribution in [0.4, 0.5) is 0 Å². The maximum absolute atomic E-state index is 13.4. The van der Waals surface area contributed by atoms with Gasteiger partial charge in [-0.3, -0.25) is 14.0 Å². The van der Waals surface area contributed by atoms with Crippen LogP contribution in [-0.4, -0.2) is 45.1 Å². The van der Waals surface area contributed by atoms with E-state index in [1.165, 1.54) is 16.5 Å². The number of benzene rings is 1. The Hall–Kier alpha value is -4.37. The van der Waals surface area contributed by atoms with Crippen LogP contribution in [0.25, 0.3) is 22.8 Å². The third kappa shape index (κ3) is 5.12. The molecule has 1 amide bonds. The lowest BCUT2D eigenvalue weighted by molar-refractivity contribution is -0.113. The van der Waals surface area contributed by atoms with E-state index in [9.17, 15) is 14.4 Å². The van der Waals surface area contributed by atoms with Crippen molar-refractivity contribution in [2.24, 2.45) is 4.99 Å². The van der Waals surface area contributed by atoms with Crippen molar-refractivity contribution in [1.29, 1.82) is 0 Å². The topological polar surface area (TPSA) is 104 Å². The first-order valence-corrected chi connectivity index (χ1v) is 12.2. The summed E-state index contributed by atoms with van der Waals surface area (Å²) in [5.74, 6) is -1.24. The van der Waals surface area contributed by atoms with E-state index < -0.39 is 11.9 Å². The quantitative estimate of drug-likeness (QED) is 0.230.